The maximum absolute atomic E-state index is 5.23. The van der Waals surface area contributed by atoms with Gasteiger partial charge in [0.25, 0.3) is 0 Å². The summed E-state index contributed by atoms with van der Waals surface area (Å²) in [6.07, 6.45) is 2.12. The fourth-order valence-electron chi connectivity index (χ4n) is 1.56. The van der Waals surface area contributed by atoms with E-state index in [1.807, 2.05) is 17.4 Å². The lowest BCUT2D eigenvalue weighted by molar-refractivity contribution is 0.415. The Morgan fingerprint density at radius 2 is 2.14 bits per heavy atom. The number of ether oxygens (including phenoxy) is 1. The second-order valence-electron chi connectivity index (χ2n) is 3.05. The first kappa shape index (κ1) is 9.87. The molecule has 0 N–H and O–H groups in total. The molecule has 3 heteroatoms. The first-order valence-corrected chi connectivity index (χ1v) is 6.41. The molecule has 1 aromatic carbocycles. The molecule has 1 nitrogen and oxygen atoms in total. The van der Waals surface area contributed by atoms with Crippen molar-refractivity contribution in [2.45, 2.75) is 11.8 Å². The number of rotatable bonds is 2. The van der Waals surface area contributed by atoms with Crippen LogP contribution < -0.4 is 4.74 Å². The van der Waals surface area contributed by atoms with Gasteiger partial charge in [-0.15, -0.1) is 23.1 Å². The number of methoxy groups -OCH3 is 1. The van der Waals surface area contributed by atoms with E-state index in [2.05, 4.69) is 25.3 Å². The van der Waals surface area contributed by atoms with Gasteiger partial charge >= 0.3 is 0 Å². The lowest BCUT2D eigenvalue weighted by Gasteiger charge is -2.00. The average molecular weight is 224 g/mol. The summed E-state index contributed by atoms with van der Waals surface area (Å²) in [4.78, 5) is 2.77. The highest BCUT2D eigenvalue weighted by Crippen LogP contribution is 2.38. The van der Waals surface area contributed by atoms with Crippen LogP contribution in [0.2, 0.25) is 0 Å². The van der Waals surface area contributed by atoms with Gasteiger partial charge in [0, 0.05) is 19.9 Å². The lowest BCUT2D eigenvalue weighted by Crippen LogP contribution is -1.80. The van der Waals surface area contributed by atoms with E-state index < -0.39 is 0 Å². The van der Waals surface area contributed by atoms with Gasteiger partial charge in [0.2, 0.25) is 0 Å². The van der Waals surface area contributed by atoms with Crippen molar-refractivity contribution in [3.8, 4) is 5.75 Å². The van der Waals surface area contributed by atoms with Gasteiger partial charge in [-0.25, -0.2) is 0 Å². The van der Waals surface area contributed by atoms with Crippen LogP contribution in [0.5, 0.6) is 5.75 Å². The Morgan fingerprint density at radius 3 is 2.79 bits per heavy atom. The molecule has 0 unspecified atom stereocenters. The summed E-state index contributed by atoms with van der Waals surface area (Å²) >= 11 is 3.65. The molecule has 0 amide bonds. The minimum atomic E-state index is 0.936. The van der Waals surface area contributed by atoms with E-state index in [9.17, 15) is 0 Å². The molecule has 0 aliphatic rings. The van der Waals surface area contributed by atoms with Gasteiger partial charge in [-0.3, -0.25) is 0 Å². The number of aryl methyl sites for hydroxylation is 1. The Labute approximate surface area is 92.1 Å². The predicted octanol–water partition coefficient (Wildman–Crippen LogP) is 3.94. The van der Waals surface area contributed by atoms with E-state index in [-0.39, 0.29) is 0 Å². The lowest BCUT2D eigenvalue weighted by atomic mass is 10.2. The quantitative estimate of drug-likeness (QED) is 0.715. The van der Waals surface area contributed by atoms with E-state index in [4.69, 9.17) is 4.74 Å². The van der Waals surface area contributed by atoms with Crippen molar-refractivity contribution in [3.05, 3.63) is 23.1 Å². The Kier molecular flexibility index (Phi) is 2.70. The predicted molar refractivity (Wildman–Crippen MR) is 64.9 cm³/mol. The summed E-state index contributed by atoms with van der Waals surface area (Å²) in [7, 11) is 1.71. The minimum absolute atomic E-state index is 0.936. The average Bonchev–Trinajstić information content (AvgIpc) is 2.52. The second kappa shape index (κ2) is 3.83. The third-order valence-electron chi connectivity index (χ3n) is 2.22. The molecule has 0 bridgehead atoms. The van der Waals surface area contributed by atoms with Gasteiger partial charge in [0.1, 0.15) is 5.75 Å². The van der Waals surface area contributed by atoms with Crippen LogP contribution in [-0.2, 0) is 0 Å². The molecule has 0 radical (unpaired) electrons. The summed E-state index contributed by atoms with van der Waals surface area (Å²) in [6.45, 7) is 2.17. The molecule has 0 aliphatic heterocycles. The number of fused-ring (bicyclic) bond motifs is 1. The SMILES string of the molecule is COc1ccc2sc(C)c(SC)c2c1. The normalized spacial score (nSPS) is 10.8. The number of thioether (sulfide) groups is 1. The van der Waals surface area contributed by atoms with E-state index in [0.717, 1.165) is 5.75 Å². The topological polar surface area (TPSA) is 9.23 Å². The third kappa shape index (κ3) is 1.51. The largest absolute Gasteiger partial charge is 0.497 e. The molecule has 0 aliphatic carbocycles. The minimum Gasteiger partial charge on any atom is -0.497 e. The van der Waals surface area contributed by atoms with Crippen LogP contribution in [0, 0.1) is 6.92 Å². The van der Waals surface area contributed by atoms with Gasteiger partial charge in [-0.1, -0.05) is 0 Å². The van der Waals surface area contributed by atoms with Crippen LogP contribution in [0.15, 0.2) is 23.1 Å². The van der Waals surface area contributed by atoms with Crippen molar-refractivity contribution in [2.75, 3.05) is 13.4 Å². The molecule has 0 atom stereocenters. The molecule has 1 aromatic heterocycles. The molecule has 0 saturated heterocycles. The molecule has 2 aromatic rings. The first-order valence-electron chi connectivity index (χ1n) is 4.37. The smallest absolute Gasteiger partial charge is 0.119 e. The van der Waals surface area contributed by atoms with Crippen LogP contribution >= 0.6 is 23.1 Å². The molecule has 0 fully saturated rings. The van der Waals surface area contributed by atoms with Crippen molar-refractivity contribution in [3.63, 3.8) is 0 Å². The van der Waals surface area contributed by atoms with E-state index >= 15 is 0 Å². The van der Waals surface area contributed by atoms with Gasteiger partial charge in [-0.2, -0.15) is 0 Å². The maximum Gasteiger partial charge on any atom is 0.119 e. The van der Waals surface area contributed by atoms with Gasteiger partial charge < -0.3 is 4.74 Å². The molecule has 1 heterocycles. The van der Waals surface area contributed by atoms with Gasteiger partial charge in [0.05, 0.1) is 7.11 Å². The number of benzene rings is 1. The first-order chi connectivity index (χ1) is 6.76. The van der Waals surface area contributed by atoms with Crippen LogP contribution in [0.4, 0.5) is 0 Å². The van der Waals surface area contributed by atoms with Crippen LogP contribution in [0.1, 0.15) is 4.88 Å². The zero-order valence-electron chi connectivity index (χ0n) is 8.46. The van der Waals surface area contributed by atoms with E-state index in [1.54, 1.807) is 18.9 Å². The summed E-state index contributed by atoms with van der Waals surface area (Å²) in [6, 6.07) is 6.26. The molecule has 0 saturated carbocycles. The van der Waals surface area contributed by atoms with Gasteiger partial charge in [-0.05, 0) is 31.4 Å². The van der Waals surface area contributed by atoms with Crippen molar-refractivity contribution < 1.29 is 4.74 Å². The van der Waals surface area contributed by atoms with Gasteiger partial charge in [0.15, 0.2) is 0 Å². The maximum atomic E-state index is 5.23. The fraction of sp³-hybridized carbons (Fsp3) is 0.273. The molecule has 0 spiro atoms. The van der Waals surface area contributed by atoms with Crippen LogP contribution in [-0.4, -0.2) is 13.4 Å². The summed E-state index contributed by atoms with van der Waals surface area (Å²) < 4.78 is 6.57. The summed E-state index contributed by atoms with van der Waals surface area (Å²) in [5.41, 5.74) is 0. The number of hydrogen-bond donors (Lipinski definition) is 0. The molecular formula is C11H12OS2. The second-order valence-corrected chi connectivity index (χ2v) is 5.13. The fourth-order valence-corrected chi connectivity index (χ4v) is 3.61. The van der Waals surface area contributed by atoms with Crippen molar-refractivity contribution >= 4 is 33.2 Å². The Morgan fingerprint density at radius 1 is 1.36 bits per heavy atom. The van der Waals surface area contributed by atoms with Crippen molar-refractivity contribution in [1.82, 2.24) is 0 Å². The highest BCUT2D eigenvalue weighted by Gasteiger charge is 2.08. The van der Waals surface area contributed by atoms with E-state index in [1.165, 1.54) is 19.9 Å². The van der Waals surface area contributed by atoms with Crippen molar-refractivity contribution in [1.29, 1.82) is 0 Å². The third-order valence-corrected chi connectivity index (χ3v) is 4.37. The highest BCUT2D eigenvalue weighted by molar-refractivity contribution is 7.99. The standard InChI is InChI=1S/C11H12OS2/c1-7-11(13-3)9-6-8(12-2)4-5-10(9)14-7/h4-6H,1-3H3. The number of hydrogen-bond acceptors (Lipinski definition) is 3. The van der Waals surface area contributed by atoms with Crippen LogP contribution in [0.25, 0.3) is 10.1 Å². The summed E-state index contributed by atoms with van der Waals surface area (Å²) in [5.74, 6) is 0.936. The molecule has 14 heavy (non-hydrogen) atoms. The Hall–Kier alpha value is -0.670. The molecule has 2 rings (SSSR count). The molecule has 74 valence electrons. The Balaban J connectivity index is 2.71. The Bertz CT molecular complexity index is 460. The van der Waals surface area contributed by atoms with Crippen molar-refractivity contribution in [2.24, 2.45) is 0 Å². The molecular weight excluding hydrogens is 212 g/mol. The van der Waals surface area contributed by atoms with Crippen LogP contribution in [0.3, 0.4) is 0 Å². The number of thiophene rings is 1. The zero-order valence-corrected chi connectivity index (χ0v) is 10.1. The highest BCUT2D eigenvalue weighted by atomic mass is 32.2. The monoisotopic (exact) mass is 224 g/mol. The van der Waals surface area contributed by atoms with E-state index in [0.29, 0.717) is 0 Å². The zero-order chi connectivity index (χ0) is 10.1. The summed E-state index contributed by atoms with van der Waals surface area (Å²) in [5, 5.41) is 1.32.